The van der Waals surface area contributed by atoms with Gasteiger partial charge < -0.3 is 0 Å². The molecular weight excluding hydrogens is 302 g/mol. The summed E-state index contributed by atoms with van der Waals surface area (Å²) in [7, 11) is -4.27. The zero-order chi connectivity index (χ0) is 14.8. The van der Waals surface area contributed by atoms with E-state index in [1.165, 1.54) is 23.9 Å². The molecule has 0 saturated heterocycles. The molecule has 0 aromatic heterocycles. The first-order chi connectivity index (χ1) is 9.40. The SMILES string of the molecule is CCC1=N[N]C(=NC(=O)c2ccc(S(=O)(=O)O)cc2)S1. The van der Waals surface area contributed by atoms with Crippen molar-refractivity contribution >= 4 is 38.0 Å². The maximum Gasteiger partial charge on any atom is 0.294 e. The van der Waals surface area contributed by atoms with Crippen LogP contribution in [0, 0.1) is 0 Å². The van der Waals surface area contributed by atoms with E-state index >= 15 is 0 Å². The molecule has 1 aliphatic rings. The van der Waals surface area contributed by atoms with Gasteiger partial charge in [0.25, 0.3) is 16.0 Å². The number of carbonyl (C=O) groups excluding carboxylic acids is 1. The van der Waals surface area contributed by atoms with E-state index in [0.717, 1.165) is 17.2 Å². The highest BCUT2D eigenvalue weighted by Gasteiger charge is 2.17. The summed E-state index contributed by atoms with van der Waals surface area (Å²) in [6, 6.07) is 4.82. The number of amides is 1. The van der Waals surface area contributed by atoms with E-state index in [1.807, 2.05) is 6.92 Å². The quantitative estimate of drug-likeness (QED) is 0.850. The van der Waals surface area contributed by atoms with E-state index in [-0.39, 0.29) is 15.6 Å². The van der Waals surface area contributed by atoms with Gasteiger partial charge >= 0.3 is 0 Å². The van der Waals surface area contributed by atoms with Gasteiger partial charge in [0.1, 0.15) is 5.04 Å². The topological polar surface area (TPSA) is 110 Å². The smallest absolute Gasteiger partial charge is 0.282 e. The summed E-state index contributed by atoms with van der Waals surface area (Å²) < 4.78 is 30.6. The summed E-state index contributed by atoms with van der Waals surface area (Å²) >= 11 is 1.22. The molecule has 0 bridgehead atoms. The fraction of sp³-hybridized carbons (Fsp3) is 0.182. The third kappa shape index (κ3) is 3.44. The van der Waals surface area contributed by atoms with Gasteiger partial charge in [-0.1, -0.05) is 6.92 Å². The van der Waals surface area contributed by atoms with Crippen molar-refractivity contribution in [1.82, 2.24) is 5.43 Å². The standard InChI is InChI=1S/C11H10N3O4S2/c1-2-9-13-14-11(19-9)12-10(15)7-3-5-8(6-4-7)20(16,17)18/h3-6H,2H2,1H3,(H,16,17,18). The molecule has 0 atom stereocenters. The molecule has 2 rings (SSSR count). The summed E-state index contributed by atoms with van der Waals surface area (Å²) in [5, 5.41) is 4.87. The Hall–Kier alpha value is -1.71. The van der Waals surface area contributed by atoms with Gasteiger partial charge in [0.05, 0.1) is 4.90 Å². The Kier molecular flexibility index (Phi) is 4.21. The number of nitrogens with zero attached hydrogens (tertiary/aromatic N) is 3. The Balaban J connectivity index is 2.13. The van der Waals surface area contributed by atoms with Crippen molar-refractivity contribution < 1.29 is 17.8 Å². The van der Waals surface area contributed by atoms with Crippen LogP contribution in [0.25, 0.3) is 0 Å². The van der Waals surface area contributed by atoms with E-state index in [9.17, 15) is 13.2 Å². The Morgan fingerprint density at radius 2 is 2.00 bits per heavy atom. The van der Waals surface area contributed by atoms with Crippen molar-refractivity contribution in [2.24, 2.45) is 10.1 Å². The molecule has 0 unspecified atom stereocenters. The molecule has 1 N–H and O–H groups in total. The maximum atomic E-state index is 11.8. The normalized spacial score (nSPS) is 16.9. The number of thioether (sulfide) groups is 1. The fourth-order valence-corrected chi connectivity index (χ4v) is 2.48. The zero-order valence-electron chi connectivity index (χ0n) is 10.3. The first-order valence-corrected chi connectivity index (χ1v) is 7.82. The lowest BCUT2D eigenvalue weighted by molar-refractivity contribution is 0.100. The average molecular weight is 312 g/mol. The van der Waals surface area contributed by atoms with Crippen LogP contribution in [0.4, 0.5) is 0 Å². The van der Waals surface area contributed by atoms with Crippen LogP contribution in [0.1, 0.15) is 23.7 Å². The Morgan fingerprint density at radius 1 is 1.35 bits per heavy atom. The molecule has 1 aromatic rings. The number of carbonyl (C=O) groups is 1. The molecule has 105 valence electrons. The van der Waals surface area contributed by atoms with Crippen LogP contribution >= 0.6 is 11.8 Å². The van der Waals surface area contributed by atoms with Crippen LogP contribution in [-0.4, -0.2) is 29.1 Å². The summed E-state index contributed by atoms with van der Waals surface area (Å²) in [6.45, 7) is 1.92. The molecule has 0 aliphatic carbocycles. The fourth-order valence-electron chi connectivity index (χ4n) is 1.35. The highest BCUT2D eigenvalue weighted by atomic mass is 32.2. The second-order valence-corrected chi connectivity index (χ2v) is 6.21. The van der Waals surface area contributed by atoms with Crippen LogP contribution in [0.2, 0.25) is 0 Å². The predicted octanol–water partition coefficient (Wildman–Crippen LogP) is 1.50. The lowest BCUT2D eigenvalue weighted by Crippen LogP contribution is -2.05. The van der Waals surface area contributed by atoms with E-state index in [2.05, 4.69) is 15.5 Å². The Bertz CT molecular complexity index is 693. The van der Waals surface area contributed by atoms with Crippen LogP contribution in [0.3, 0.4) is 0 Å². The molecule has 1 heterocycles. The number of rotatable bonds is 3. The third-order valence-electron chi connectivity index (χ3n) is 2.35. The maximum absolute atomic E-state index is 11.8. The summed E-state index contributed by atoms with van der Waals surface area (Å²) in [6.07, 6.45) is 0.713. The van der Waals surface area contributed by atoms with E-state index in [1.54, 1.807) is 0 Å². The highest BCUT2D eigenvalue weighted by Crippen LogP contribution is 2.17. The van der Waals surface area contributed by atoms with Gasteiger partial charge in [-0.25, -0.2) is 0 Å². The van der Waals surface area contributed by atoms with Gasteiger partial charge in [0.15, 0.2) is 0 Å². The molecular formula is C11H10N3O4S2. The molecule has 1 amide bonds. The second kappa shape index (κ2) is 5.73. The van der Waals surface area contributed by atoms with Crippen molar-refractivity contribution in [2.75, 3.05) is 0 Å². The summed E-state index contributed by atoms with van der Waals surface area (Å²) in [5.41, 5.74) is 3.95. The van der Waals surface area contributed by atoms with E-state index in [0.29, 0.717) is 6.42 Å². The second-order valence-electron chi connectivity index (χ2n) is 3.75. The molecule has 0 spiro atoms. The van der Waals surface area contributed by atoms with Crippen molar-refractivity contribution in [2.45, 2.75) is 18.2 Å². The molecule has 1 aromatic carbocycles. The molecule has 1 aliphatic heterocycles. The highest BCUT2D eigenvalue weighted by molar-refractivity contribution is 8.26. The van der Waals surface area contributed by atoms with Crippen molar-refractivity contribution in [3.8, 4) is 0 Å². The van der Waals surface area contributed by atoms with Gasteiger partial charge in [-0.2, -0.15) is 13.4 Å². The van der Waals surface area contributed by atoms with Gasteiger partial charge in [-0.05, 0) is 42.4 Å². The minimum Gasteiger partial charge on any atom is -0.282 e. The number of aliphatic imine (C=N–C) groups is 1. The number of benzene rings is 1. The van der Waals surface area contributed by atoms with Crippen molar-refractivity contribution in [3.05, 3.63) is 29.8 Å². The summed E-state index contributed by atoms with van der Waals surface area (Å²) in [5.74, 6) is -0.550. The lowest BCUT2D eigenvalue weighted by Gasteiger charge is -1.99. The molecule has 0 fully saturated rings. The molecule has 0 saturated carbocycles. The predicted molar refractivity (Wildman–Crippen MR) is 75.5 cm³/mol. The Morgan fingerprint density at radius 3 is 2.50 bits per heavy atom. The largest absolute Gasteiger partial charge is 0.294 e. The van der Waals surface area contributed by atoms with Crippen LogP contribution in [0.5, 0.6) is 0 Å². The van der Waals surface area contributed by atoms with Gasteiger partial charge in [-0.15, -0.1) is 10.5 Å². The van der Waals surface area contributed by atoms with Gasteiger partial charge in [0.2, 0.25) is 5.17 Å². The van der Waals surface area contributed by atoms with Gasteiger partial charge in [0, 0.05) is 5.56 Å². The van der Waals surface area contributed by atoms with Crippen molar-refractivity contribution in [3.63, 3.8) is 0 Å². The average Bonchev–Trinajstić information content (AvgIpc) is 2.85. The van der Waals surface area contributed by atoms with Crippen LogP contribution < -0.4 is 5.43 Å². The third-order valence-corrected chi connectivity index (χ3v) is 4.18. The molecule has 9 heteroatoms. The number of hydrogen-bond donors (Lipinski definition) is 1. The van der Waals surface area contributed by atoms with E-state index < -0.39 is 16.0 Å². The number of hydrogen-bond acceptors (Lipinski definition) is 5. The monoisotopic (exact) mass is 312 g/mol. The van der Waals surface area contributed by atoms with E-state index in [4.69, 9.17) is 4.55 Å². The Labute approximate surface area is 119 Å². The first kappa shape index (κ1) is 14.7. The lowest BCUT2D eigenvalue weighted by atomic mass is 10.2. The number of amidine groups is 1. The molecule has 1 radical (unpaired) electrons. The minimum absolute atomic E-state index is 0.200. The molecule has 7 nitrogen and oxygen atoms in total. The van der Waals surface area contributed by atoms with Gasteiger partial charge in [-0.3, -0.25) is 9.35 Å². The molecule has 20 heavy (non-hydrogen) atoms. The van der Waals surface area contributed by atoms with Crippen molar-refractivity contribution in [1.29, 1.82) is 0 Å². The van der Waals surface area contributed by atoms with Crippen LogP contribution in [0.15, 0.2) is 39.3 Å². The van der Waals surface area contributed by atoms with Crippen LogP contribution in [-0.2, 0) is 10.1 Å². The summed E-state index contributed by atoms with van der Waals surface area (Å²) in [4.78, 5) is 15.3. The first-order valence-electron chi connectivity index (χ1n) is 5.56. The zero-order valence-corrected chi connectivity index (χ0v) is 12.0. The minimum atomic E-state index is -4.27.